The van der Waals surface area contributed by atoms with E-state index in [-0.39, 0.29) is 5.78 Å². The van der Waals surface area contributed by atoms with Gasteiger partial charge in [-0.1, -0.05) is 0 Å². The largest absolute Gasteiger partial charge is 0.436 e. The molecule has 0 aliphatic carbocycles. The number of aromatic nitrogens is 1. The number of hydrogen-bond donors (Lipinski definition) is 0. The van der Waals surface area contributed by atoms with Gasteiger partial charge in [-0.3, -0.25) is 4.79 Å². The van der Waals surface area contributed by atoms with Crippen LogP contribution >= 0.6 is 15.9 Å². The maximum Gasteiger partial charge on any atom is 0.264 e. The van der Waals surface area contributed by atoms with Gasteiger partial charge in [-0.05, 0) is 6.92 Å². The lowest BCUT2D eigenvalue weighted by molar-refractivity contribution is 0.101. The summed E-state index contributed by atoms with van der Waals surface area (Å²) in [6.07, 6.45) is 0. The molecule has 4 heteroatoms. The standard InChI is InChI=1S/C6H6BrNO2/c1-3(9)5-4(2)10-6(7)8-5/h1-2H3. The molecule has 0 N–H and O–H groups in total. The van der Waals surface area contributed by atoms with Gasteiger partial charge in [0.15, 0.2) is 5.78 Å². The molecular weight excluding hydrogens is 198 g/mol. The summed E-state index contributed by atoms with van der Waals surface area (Å²) in [5.41, 5.74) is 0.395. The fourth-order valence-electron chi connectivity index (χ4n) is 0.691. The van der Waals surface area contributed by atoms with Gasteiger partial charge in [-0.2, -0.15) is 4.98 Å². The Hall–Kier alpha value is -0.640. The Morgan fingerprint density at radius 2 is 2.30 bits per heavy atom. The van der Waals surface area contributed by atoms with Crippen LogP contribution in [0.2, 0.25) is 0 Å². The Bertz CT molecular complexity index is 267. The van der Waals surface area contributed by atoms with Crippen LogP contribution in [-0.2, 0) is 0 Å². The minimum absolute atomic E-state index is 0.0769. The van der Waals surface area contributed by atoms with Crippen molar-refractivity contribution in [2.24, 2.45) is 0 Å². The van der Waals surface area contributed by atoms with E-state index in [2.05, 4.69) is 20.9 Å². The number of carbonyl (C=O) groups excluding carboxylic acids is 1. The van der Waals surface area contributed by atoms with Crippen molar-refractivity contribution in [1.82, 2.24) is 4.98 Å². The van der Waals surface area contributed by atoms with Gasteiger partial charge < -0.3 is 4.42 Å². The first kappa shape index (κ1) is 7.47. The third-order valence-corrected chi connectivity index (χ3v) is 1.44. The lowest BCUT2D eigenvalue weighted by Gasteiger charge is -1.83. The number of ketones is 1. The maximum absolute atomic E-state index is 10.7. The highest BCUT2D eigenvalue weighted by Gasteiger charge is 2.10. The number of nitrogens with zero attached hydrogens (tertiary/aromatic N) is 1. The van der Waals surface area contributed by atoms with E-state index in [1.165, 1.54) is 6.92 Å². The summed E-state index contributed by atoms with van der Waals surface area (Å²) >= 11 is 3.02. The first-order valence-electron chi connectivity index (χ1n) is 2.75. The van der Waals surface area contributed by atoms with Crippen molar-refractivity contribution < 1.29 is 9.21 Å². The van der Waals surface area contributed by atoms with Crippen LogP contribution in [0.1, 0.15) is 23.2 Å². The molecular formula is C6H6BrNO2. The second-order valence-electron chi connectivity index (χ2n) is 1.93. The van der Waals surface area contributed by atoms with Crippen molar-refractivity contribution in [3.63, 3.8) is 0 Å². The topological polar surface area (TPSA) is 43.1 Å². The zero-order chi connectivity index (χ0) is 7.72. The molecule has 0 unspecified atom stereocenters. The highest BCUT2D eigenvalue weighted by Crippen LogP contribution is 2.14. The second-order valence-corrected chi connectivity index (χ2v) is 2.61. The third-order valence-electron chi connectivity index (χ3n) is 1.10. The molecule has 1 rings (SSSR count). The van der Waals surface area contributed by atoms with E-state index < -0.39 is 0 Å². The molecule has 0 bridgehead atoms. The minimum atomic E-state index is -0.0769. The monoisotopic (exact) mass is 203 g/mol. The van der Waals surface area contributed by atoms with E-state index in [1.807, 2.05) is 0 Å². The van der Waals surface area contributed by atoms with Crippen LogP contribution in [0.5, 0.6) is 0 Å². The summed E-state index contributed by atoms with van der Waals surface area (Å²) in [5, 5.41) is 0. The summed E-state index contributed by atoms with van der Waals surface area (Å²) in [6.45, 7) is 3.16. The number of hydrogen-bond acceptors (Lipinski definition) is 3. The molecule has 0 amide bonds. The fraction of sp³-hybridized carbons (Fsp3) is 0.333. The molecule has 0 spiro atoms. The summed E-state index contributed by atoms with van der Waals surface area (Å²) in [5.74, 6) is 0.478. The Labute approximate surface area is 66.6 Å². The smallest absolute Gasteiger partial charge is 0.264 e. The Balaban J connectivity index is 3.15. The van der Waals surface area contributed by atoms with Gasteiger partial charge in [0.2, 0.25) is 0 Å². The SMILES string of the molecule is CC(=O)c1nc(Br)oc1C. The number of carbonyl (C=O) groups is 1. The molecule has 3 nitrogen and oxygen atoms in total. The molecule has 0 aromatic carbocycles. The van der Waals surface area contributed by atoms with Crippen LogP contribution in [-0.4, -0.2) is 10.8 Å². The van der Waals surface area contributed by atoms with Gasteiger partial charge in [0, 0.05) is 22.9 Å². The van der Waals surface area contributed by atoms with Gasteiger partial charge in [0.05, 0.1) is 0 Å². The van der Waals surface area contributed by atoms with E-state index in [0.29, 0.717) is 16.3 Å². The summed E-state index contributed by atoms with van der Waals surface area (Å²) in [6, 6.07) is 0. The van der Waals surface area contributed by atoms with Crippen molar-refractivity contribution in [3.05, 3.63) is 16.3 Å². The molecule has 10 heavy (non-hydrogen) atoms. The summed E-state index contributed by atoms with van der Waals surface area (Å²) in [7, 11) is 0. The van der Waals surface area contributed by atoms with Gasteiger partial charge in [-0.25, -0.2) is 0 Å². The molecule has 0 aliphatic rings. The van der Waals surface area contributed by atoms with Crippen LogP contribution in [0.3, 0.4) is 0 Å². The molecule has 1 heterocycles. The minimum Gasteiger partial charge on any atom is -0.436 e. The van der Waals surface area contributed by atoms with Crippen LogP contribution in [0.4, 0.5) is 0 Å². The van der Waals surface area contributed by atoms with E-state index >= 15 is 0 Å². The van der Waals surface area contributed by atoms with Crippen molar-refractivity contribution in [2.45, 2.75) is 13.8 Å². The van der Waals surface area contributed by atoms with Crippen LogP contribution < -0.4 is 0 Å². The van der Waals surface area contributed by atoms with Gasteiger partial charge in [0.25, 0.3) is 4.80 Å². The van der Waals surface area contributed by atoms with Crippen molar-refractivity contribution in [1.29, 1.82) is 0 Å². The lowest BCUT2D eigenvalue weighted by Crippen LogP contribution is -1.93. The van der Waals surface area contributed by atoms with Crippen molar-refractivity contribution >= 4 is 21.7 Å². The van der Waals surface area contributed by atoms with Crippen molar-refractivity contribution in [3.8, 4) is 0 Å². The first-order chi connectivity index (χ1) is 4.61. The average molecular weight is 204 g/mol. The van der Waals surface area contributed by atoms with E-state index in [9.17, 15) is 4.79 Å². The van der Waals surface area contributed by atoms with Crippen LogP contribution in [0, 0.1) is 6.92 Å². The Kier molecular flexibility index (Phi) is 1.89. The first-order valence-corrected chi connectivity index (χ1v) is 3.54. The van der Waals surface area contributed by atoms with Gasteiger partial charge in [-0.15, -0.1) is 0 Å². The highest BCUT2D eigenvalue weighted by atomic mass is 79.9. The molecule has 1 aromatic heterocycles. The van der Waals surface area contributed by atoms with Crippen molar-refractivity contribution in [2.75, 3.05) is 0 Å². The molecule has 0 saturated carbocycles. The maximum atomic E-state index is 10.7. The molecule has 1 aromatic rings. The molecule has 0 radical (unpaired) electrons. The van der Waals surface area contributed by atoms with E-state index in [4.69, 9.17) is 4.42 Å². The van der Waals surface area contributed by atoms with E-state index in [1.54, 1.807) is 6.92 Å². The normalized spacial score (nSPS) is 9.90. The Morgan fingerprint density at radius 3 is 2.50 bits per heavy atom. The quantitative estimate of drug-likeness (QED) is 0.656. The zero-order valence-electron chi connectivity index (χ0n) is 5.64. The number of halogens is 1. The lowest BCUT2D eigenvalue weighted by atomic mass is 10.3. The predicted octanol–water partition coefficient (Wildman–Crippen LogP) is 1.95. The highest BCUT2D eigenvalue weighted by molar-refractivity contribution is 9.10. The van der Waals surface area contributed by atoms with Gasteiger partial charge in [0.1, 0.15) is 11.5 Å². The van der Waals surface area contributed by atoms with Gasteiger partial charge >= 0.3 is 0 Å². The van der Waals surface area contributed by atoms with E-state index in [0.717, 1.165) is 0 Å². The molecule has 0 fully saturated rings. The molecule has 0 saturated heterocycles. The third kappa shape index (κ3) is 1.26. The average Bonchev–Trinajstić information content (AvgIpc) is 2.10. The predicted molar refractivity (Wildman–Crippen MR) is 38.9 cm³/mol. The number of oxazole rings is 1. The fourth-order valence-corrected chi connectivity index (χ4v) is 1.11. The second kappa shape index (κ2) is 2.54. The Morgan fingerprint density at radius 1 is 1.70 bits per heavy atom. The molecule has 54 valence electrons. The summed E-state index contributed by atoms with van der Waals surface area (Å²) in [4.78, 5) is 14.9. The van der Waals surface area contributed by atoms with Crippen LogP contribution in [0.25, 0.3) is 0 Å². The number of aryl methyl sites for hydroxylation is 1. The molecule has 0 atom stereocenters. The molecule has 0 aliphatic heterocycles. The number of rotatable bonds is 1. The zero-order valence-corrected chi connectivity index (χ0v) is 7.23. The number of Topliss-reactive ketones (excluding diaryl/α,β-unsaturated/α-hetero) is 1. The summed E-state index contributed by atoms with van der Waals surface area (Å²) < 4.78 is 4.96. The van der Waals surface area contributed by atoms with Crippen LogP contribution in [0.15, 0.2) is 9.22 Å².